The number of hydrogen-bond acceptors (Lipinski definition) is 19. The zero-order valence-corrected chi connectivity index (χ0v) is 55.8. The normalized spacial score (nSPS) is 25.5. The molecule has 8 amide bonds. The number of hydrogen-bond donors (Lipinski definition) is 6. The average molecular weight is 1350 g/mol. The molecule has 0 unspecified atom stereocenters. The van der Waals surface area contributed by atoms with Crippen molar-refractivity contribution in [2.24, 2.45) is 11.8 Å². The van der Waals surface area contributed by atoms with Crippen molar-refractivity contribution in [1.82, 2.24) is 50.8 Å². The average Bonchev–Trinajstić information content (AvgIpc) is 1.08. The highest BCUT2D eigenvalue weighted by Crippen LogP contribution is 2.29. The van der Waals surface area contributed by atoms with E-state index in [4.69, 9.17) is 13.9 Å². The van der Waals surface area contributed by atoms with Crippen LogP contribution in [0, 0.1) is 11.8 Å². The minimum Gasteiger partial charge on any atom is -0.505 e. The van der Waals surface area contributed by atoms with Crippen molar-refractivity contribution in [1.29, 1.82) is 0 Å². The predicted molar refractivity (Wildman–Crippen MR) is 352 cm³/mol. The molecule has 2 aromatic carbocycles. The number of nitrogens with one attached hydrogen (secondary N) is 4. The monoisotopic (exact) mass is 1350 g/mol. The molecule has 0 aliphatic carbocycles. The van der Waals surface area contributed by atoms with Crippen LogP contribution in [0.15, 0.2) is 137 Å². The largest absolute Gasteiger partial charge is 0.505 e. The lowest BCUT2D eigenvalue weighted by Gasteiger charge is -2.40. The number of nitrogens with zero attached hydrogens (tertiary/aromatic N) is 6. The third kappa shape index (κ3) is 18.8. The Balaban J connectivity index is 0.000000277. The molecule has 9 rings (SSSR count). The molecule has 0 saturated carbocycles. The van der Waals surface area contributed by atoms with Gasteiger partial charge in [0.15, 0.2) is 17.4 Å². The Morgan fingerprint density at radius 1 is 0.806 bits per heavy atom. The van der Waals surface area contributed by atoms with E-state index in [9.17, 15) is 67.7 Å². The fourth-order valence-corrected chi connectivity index (χ4v) is 12.2. The lowest BCUT2D eigenvalue weighted by molar-refractivity contribution is -0.157. The van der Waals surface area contributed by atoms with E-state index in [1.54, 1.807) is 98.8 Å². The maximum atomic E-state index is 14.8. The van der Waals surface area contributed by atoms with Crippen molar-refractivity contribution in [2.45, 2.75) is 154 Å². The highest BCUT2D eigenvalue weighted by atomic mass is 16.6. The molecule has 0 spiro atoms. The van der Waals surface area contributed by atoms with Gasteiger partial charge in [0.2, 0.25) is 41.3 Å². The van der Waals surface area contributed by atoms with Gasteiger partial charge in [0.1, 0.15) is 71.7 Å². The molecule has 27 nitrogen and oxygen atoms in total. The second kappa shape index (κ2) is 34.0. The first-order chi connectivity index (χ1) is 46.8. The van der Waals surface area contributed by atoms with Gasteiger partial charge in [0.05, 0.1) is 12.5 Å². The van der Waals surface area contributed by atoms with E-state index >= 15 is 0 Å². The smallest absolute Gasteiger partial charge is 0.355 e. The number of cyclic esters (lactones) is 2. The summed E-state index contributed by atoms with van der Waals surface area (Å²) < 4.78 is 17.0. The number of ether oxygens (including phenoxy) is 2. The van der Waals surface area contributed by atoms with Crippen LogP contribution in [0.1, 0.15) is 131 Å². The molecule has 2 bridgehead atoms. The number of aromatic hydroxyl groups is 1. The molecule has 0 radical (unpaired) electrons. The van der Waals surface area contributed by atoms with E-state index in [1.807, 2.05) is 26.8 Å². The number of piperidine rings is 1. The number of rotatable bonds is 7. The van der Waals surface area contributed by atoms with Gasteiger partial charge in [-0.25, -0.2) is 19.6 Å². The van der Waals surface area contributed by atoms with Gasteiger partial charge in [0.25, 0.3) is 11.8 Å². The summed E-state index contributed by atoms with van der Waals surface area (Å²) in [5, 5.41) is 31.2. The van der Waals surface area contributed by atoms with Crippen molar-refractivity contribution in [2.75, 3.05) is 33.2 Å². The number of benzene rings is 2. The molecule has 6 N–H and O–H groups in total. The highest BCUT2D eigenvalue weighted by Gasteiger charge is 2.46. The first-order valence-corrected chi connectivity index (χ1v) is 32.8. The van der Waals surface area contributed by atoms with Crippen molar-refractivity contribution in [3.8, 4) is 5.75 Å². The number of oxazole rings is 1. The molecule has 2 aromatic heterocycles. The maximum absolute atomic E-state index is 14.8. The third-order valence-corrected chi connectivity index (χ3v) is 17.4. The molecule has 7 heterocycles. The van der Waals surface area contributed by atoms with Crippen molar-refractivity contribution < 1.29 is 81.6 Å². The van der Waals surface area contributed by atoms with Crippen molar-refractivity contribution in [3.05, 3.63) is 161 Å². The number of pyridine rings is 1. The van der Waals surface area contributed by atoms with Gasteiger partial charge in [-0.3, -0.25) is 47.9 Å². The molecule has 10 atom stereocenters. The van der Waals surface area contributed by atoms with Crippen LogP contribution in [-0.4, -0.2) is 192 Å². The number of carbonyl (C=O) groups is 12. The number of aliphatic hydroxyl groups is 1. The predicted octanol–water partition coefficient (Wildman–Crippen LogP) is 3.86. The van der Waals surface area contributed by atoms with E-state index in [1.165, 1.54) is 58.0 Å². The number of ketones is 2. The second-order valence-electron chi connectivity index (χ2n) is 25.0. The number of esters is 2. The Labute approximate surface area is 567 Å². The molecule has 520 valence electrons. The molecule has 4 aromatic rings. The summed E-state index contributed by atoms with van der Waals surface area (Å²) in [7, 11) is 1.47. The molecule has 98 heavy (non-hydrogen) atoms. The van der Waals surface area contributed by atoms with Crippen molar-refractivity contribution >= 4 is 70.8 Å². The van der Waals surface area contributed by atoms with Gasteiger partial charge >= 0.3 is 11.9 Å². The summed E-state index contributed by atoms with van der Waals surface area (Å²) in [6, 6.07) is 11.7. The van der Waals surface area contributed by atoms with E-state index in [2.05, 4.69) is 31.2 Å². The quantitative estimate of drug-likeness (QED) is 0.143. The summed E-state index contributed by atoms with van der Waals surface area (Å²) in [6.07, 6.45) is 9.72. The van der Waals surface area contributed by atoms with Crippen LogP contribution in [0.2, 0.25) is 0 Å². The number of aliphatic hydroxyl groups excluding tert-OH is 1. The number of Topliss-reactive ketones (excluding diaryl/α,β-unsaturated/α-hetero) is 2. The SMILES string of the molecule is CC1=C[C@@H](O)CC(=O)Cc2nc(co2)C(=O)N2CCC=C2C(=O)O[C@H](C(C)C)[C@H](C)C=CC(=O)NCC=C1.CC[C@H]1NC(=O)[C@@H](NC(=O)c2ncccc2O)[C@@H](C)OC(=O)[C@H](c2ccccc2)NC(=O)[C@@H]2CC(=O)CCN2C(=O)[C@H](Cc2ccccc2)N(C)C(=O)[C@@H]2CCCN2C1=O. The molecular formula is C71H84N10O17. The zero-order valence-electron chi connectivity index (χ0n) is 55.8. The van der Waals surface area contributed by atoms with Gasteiger partial charge in [-0.1, -0.05) is 124 Å². The molecule has 5 aliphatic rings. The number of amides is 8. The number of fused-ring (bicyclic) bond motifs is 5. The number of aromatic nitrogens is 2. The standard InChI is InChI=1S/C43H49N7O10.C28H35N3O7/c1-4-29-40(56)49-21-12-17-30(49)41(57)48(3)32(23-26-13-7-5-8-14-26)42(58)50-22-19-28(51)24-31(50)37(53)47-35(27-15-9-6-10-16-27)43(59)60-25(2)34(38(54)45-29)46-39(55)36-33(52)18-11-20-44-36;1-17(2)26-19(4)9-10-24(34)29-11-5-7-18(3)13-20(32)14-21(33)15-25-30-22(16-37-25)27(35)31-12-6-8-23(31)28(36)38-26/h5-11,13-16,18,20,25,29-32,34-35,52H,4,12,17,19,21-24H2,1-3H3,(H,45,54)(H,46,55)(H,47,53);5,7-10,13,16-17,19-20,26,32H,6,11-12,14-15H2,1-4H3,(H,29,34)/t25-,29-,30+,31+,32+,34+,35+;19-,20-,26-/m11/s1. The van der Waals surface area contributed by atoms with Gasteiger partial charge in [-0.2, -0.15) is 0 Å². The first-order valence-electron chi connectivity index (χ1n) is 32.8. The van der Waals surface area contributed by atoms with Gasteiger partial charge < -0.3 is 65.0 Å². The van der Waals surface area contributed by atoms with Crippen molar-refractivity contribution in [3.63, 3.8) is 0 Å². The topological polar surface area (TPSA) is 364 Å². The Hall–Kier alpha value is -10.4. The fourth-order valence-electron chi connectivity index (χ4n) is 12.2. The lowest BCUT2D eigenvalue weighted by Crippen LogP contribution is -2.61. The third-order valence-electron chi connectivity index (χ3n) is 17.4. The van der Waals surface area contributed by atoms with Crippen LogP contribution >= 0.6 is 0 Å². The zero-order chi connectivity index (χ0) is 70.9. The molecular weight excluding hydrogens is 1260 g/mol. The molecule has 3 fully saturated rings. The van der Waals surface area contributed by atoms with E-state index < -0.39 is 119 Å². The van der Waals surface area contributed by atoms with Crippen LogP contribution < -0.4 is 21.3 Å². The lowest BCUT2D eigenvalue weighted by atomic mass is 9.94. The van der Waals surface area contributed by atoms with Crippen LogP contribution in [0.5, 0.6) is 5.75 Å². The Morgan fingerprint density at radius 3 is 2.22 bits per heavy atom. The van der Waals surface area contributed by atoms with Crippen LogP contribution in [-0.2, 0) is 70.3 Å². The van der Waals surface area contributed by atoms with E-state index in [0.29, 0.717) is 12.8 Å². The summed E-state index contributed by atoms with van der Waals surface area (Å²) in [6.45, 7) is 11.0. The molecule has 5 aliphatic heterocycles. The minimum absolute atomic E-state index is 0.0315. The minimum atomic E-state index is -1.68. The van der Waals surface area contributed by atoms with E-state index in [0.717, 1.165) is 17.4 Å². The Kier molecular flexibility index (Phi) is 25.4. The molecule has 27 heteroatoms. The Morgan fingerprint density at radius 2 is 1.52 bits per heavy atom. The number of carbonyl (C=O) groups excluding carboxylic acids is 12. The summed E-state index contributed by atoms with van der Waals surface area (Å²) >= 11 is 0. The van der Waals surface area contributed by atoms with Gasteiger partial charge in [-0.05, 0) is 74.8 Å². The first kappa shape index (κ1) is 73.4. The maximum Gasteiger partial charge on any atom is 0.355 e. The fraction of sp³-hybridized carbons (Fsp3) is 0.437. The summed E-state index contributed by atoms with van der Waals surface area (Å²) in [5.41, 5.74) is 1.37. The number of likely N-dealkylation sites (N-methyl/N-ethyl adjacent to an activating group) is 1. The van der Waals surface area contributed by atoms with Crippen LogP contribution in [0.3, 0.4) is 0 Å². The summed E-state index contributed by atoms with van der Waals surface area (Å²) in [4.78, 5) is 177. The van der Waals surface area contributed by atoms with Crippen LogP contribution in [0.25, 0.3) is 0 Å². The van der Waals surface area contributed by atoms with E-state index in [-0.39, 0.29) is 123 Å². The highest BCUT2D eigenvalue weighted by molar-refractivity contribution is 6.02. The number of allylic oxidation sites excluding steroid dienone is 2. The molecule has 3 saturated heterocycles. The Bertz CT molecular complexity index is 3750. The summed E-state index contributed by atoms with van der Waals surface area (Å²) in [5.74, 6) is -8.36. The second-order valence-corrected chi connectivity index (χ2v) is 25.0. The van der Waals surface area contributed by atoms with Crippen LogP contribution in [0.4, 0.5) is 0 Å². The van der Waals surface area contributed by atoms with Gasteiger partial charge in [0, 0.05) is 71.0 Å². The van der Waals surface area contributed by atoms with Gasteiger partial charge in [-0.15, -0.1) is 0 Å².